The number of aromatic carboxylic acids is 1. The zero-order chi connectivity index (χ0) is 49.5. The molecule has 0 aliphatic rings. The van der Waals surface area contributed by atoms with Crippen molar-refractivity contribution in [2.24, 2.45) is 40.9 Å². The van der Waals surface area contributed by atoms with Crippen LogP contribution in [0.4, 0.5) is 51.2 Å². The molecule has 0 spiro atoms. The maximum atomic E-state index is 12.7. The van der Waals surface area contributed by atoms with Gasteiger partial charge in [0.1, 0.15) is 43.5 Å². The number of azo groups is 4. The number of nitrogens with zero attached hydrogens (tertiary/aromatic N) is 11. The fourth-order valence-corrected chi connectivity index (χ4v) is 8.52. The van der Waals surface area contributed by atoms with E-state index in [4.69, 9.17) is 5.73 Å². The van der Waals surface area contributed by atoms with Crippen LogP contribution in [0.3, 0.4) is 0 Å². The number of benzene rings is 7. The second-order valence-corrected chi connectivity index (χ2v) is 18.2. The van der Waals surface area contributed by atoms with Gasteiger partial charge in [0.05, 0.1) is 39.8 Å². The summed E-state index contributed by atoms with van der Waals surface area (Å²) in [7, 11) is -10.4. The highest BCUT2D eigenvalue weighted by Crippen LogP contribution is 2.46. The molecule has 348 valence electrons. The quantitative estimate of drug-likeness (QED) is 0.0377. The monoisotopic (exact) mass is 968 g/mol. The van der Waals surface area contributed by atoms with Crippen LogP contribution in [-0.2, 0) is 20.2 Å². The Morgan fingerprint density at radius 1 is 0.551 bits per heavy atom. The molecule has 0 bridgehead atoms. The molecule has 8 aromatic rings. The van der Waals surface area contributed by atoms with Gasteiger partial charge in [0.2, 0.25) is 0 Å². The molecule has 7 aromatic carbocycles. The van der Waals surface area contributed by atoms with Crippen LogP contribution in [0.1, 0.15) is 32.6 Å². The Balaban J connectivity index is 1.03. The van der Waals surface area contributed by atoms with Crippen molar-refractivity contribution >= 4 is 99.2 Å². The number of nitrogen functional groups attached to an aromatic ring is 1. The molecule has 1 heterocycles. The van der Waals surface area contributed by atoms with Crippen molar-refractivity contribution in [2.45, 2.75) is 37.5 Å². The number of carboxylic acid groups (broad SMARTS) is 1. The first kappa shape index (κ1) is 46.8. The number of aryl methyl sites for hydroxylation is 4. The van der Waals surface area contributed by atoms with Crippen molar-refractivity contribution in [3.8, 4) is 17.2 Å². The Kier molecular flexibility index (Phi) is 12.3. The Morgan fingerprint density at radius 2 is 1.13 bits per heavy atom. The first-order chi connectivity index (χ1) is 32.6. The van der Waals surface area contributed by atoms with Crippen LogP contribution in [0.2, 0.25) is 0 Å². The first-order valence-electron chi connectivity index (χ1n) is 20.1. The summed E-state index contributed by atoms with van der Waals surface area (Å²) in [6, 6.07) is 25.0. The summed E-state index contributed by atoms with van der Waals surface area (Å²) in [6.45, 7) is 7.09. The lowest BCUT2D eigenvalue weighted by Gasteiger charge is -2.12. The zero-order valence-corrected chi connectivity index (χ0v) is 38.0. The summed E-state index contributed by atoms with van der Waals surface area (Å²) < 4.78 is 71.2. The van der Waals surface area contributed by atoms with Gasteiger partial charge >= 0.3 is 5.97 Å². The maximum Gasteiger partial charge on any atom is 0.339 e. The summed E-state index contributed by atoms with van der Waals surface area (Å²) >= 11 is 0. The first-order valence-corrected chi connectivity index (χ1v) is 23.0. The number of carbonyl (C=O) groups is 1. The van der Waals surface area contributed by atoms with Gasteiger partial charge in [0.15, 0.2) is 5.75 Å². The normalized spacial score (nSPS) is 12.5. The molecular formula is C45H36N12O10S2. The van der Waals surface area contributed by atoms with Crippen LogP contribution in [0, 0.1) is 27.7 Å². The lowest BCUT2D eigenvalue weighted by molar-refractivity contribution is 0.0693. The highest BCUT2D eigenvalue weighted by molar-refractivity contribution is 7.86. The molecule has 0 aliphatic carbocycles. The van der Waals surface area contributed by atoms with Gasteiger partial charge in [-0.25, -0.2) is 4.79 Å². The standard InChI is InChI=1S/C45H36N12O10S2/c1-22-18-37(52-54-42-40(68(62,63)64)21-32-31(43(42)59)11-13-35(44(32)69(65,66)67)50-47-27-7-5-26(46)6-8-27)23(2)17-36(22)51-49-29-15-24(3)41(25(4)16-29)53-48-28-9-12-34-38(19-28)56-57(55-34)30-10-14-39(58)33(20-30)45(60)61/h5-21,58-59H,46H2,1-4H3,(H,60,61)(H,62,63,64)(H,65,66,67)/b50-47?,51-49-,53-48?,54-52-. The largest absolute Gasteiger partial charge is 0.507 e. The number of aromatic hydroxyl groups is 2. The molecule has 69 heavy (non-hydrogen) atoms. The number of phenols is 2. The molecule has 7 N–H and O–H groups in total. The van der Waals surface area contributed by atoms with Crippen molar-refractivity contribution in [1.29, 1.82) is 0 Å². The molecule has 8 rings (SSSR count). The Labute approximate surface area is 391 Å². The number of phenolic OH excluding ortho intramolecular Hbond substituents is 1. The van der Waals surface area contributed by atoms with E-state index in [1.807, 2.05) is 13.8 Å². The summed E-state index contributed by atoms with van der Waals surface area (Å²) in [5, 5.41) is 72.4. The smallest absolute Gasteiger partial charge is 0.339 e. The maximum absolute atomic E-state index is 12.7. The predicted molar refractivity (Wildman–Crippen MR) is 252 cm³/mol. The van der Waals surface area contributed by atoms with Crippen LogP contribution in [0.5, 0.6) is 11.5 Å². The third-order valence-electron chi connectivity index (χ3n) is 10.5. The molecule has 22 nitrogen and oxygen atoms in total. The van der Waals surface area contributed by atoms with Crippen LogP contribution in [0.25, 0.3) is 27.5 Å². The fourth-order valence-electron chi connectivity index (χ4n) is 7.05. The fraction of sp³-hybridized carbons (Fsp3) is 0.0889. The minimum Gasteiger partial charge on any atom is -0.507 e. The van der Waals surface area contributed by atoms with E-state index in [2.05, 4.69) is 51.1 Å². The number of fused-ring (bicyclic) bond motifs is 2. The van der Waals surface area contributed by atoms with E-state index >= 15 is 0 Å². The van der Waals surface area contributed by atoms with Crippen LogP contribution >= 0.6 is 0 Å². The lowest BCUT2D eigenvalue weighted by atomic mass is 10.1. The van der Waals surface area contributed by atoms with E-state index in [1.165, 1.54) is 53.3 Å². The SMILES string of the molecule is Cc1cc(/N=N\c2c(S(=O)(=O)O)cc3c(S(=O)(=O)O)c(N=Nc4ccc(N)cc4)ccc3c2O)c(C)cc1/N=N\c1cc(C)c(N=Nc2ccc3nn(-c4ccc(O)c(C(=O)O)c4)nc3c2)c(C)c1. The van der Waals surface area contributed by atoms with Crippen molar-refractivity contribution in [3.63, 3.8) is 0 Å². The van der Waals surface area contributed by atoms with Crippen molar-refractivity contribution in [3.05, 3.63) is 131 Å². The van der Waals surface area contributed by atoms with E-state index in [-0.39, 0.29) is 28.1 Å². The Hall–Kier alpha value is -8.71. The van der Waals surface area contributed by atoms with Gasteiger partial charge in [-0.3, -0.25) is 9.11 Å². The highest BCUT2D eigenvalue weighted by atomic mass is 32.2. The van der Waals surface area contributed by atoms with Crippen molar-refractivity contribution in [1.82, 2.24) is 15.0 Å². The van der Waals surface area contributed by atoms with Gasteiger partial charge in [-0.2, -0.15) is 52.3 Å². The molecular weight excluding hydrogens is 933 g/mol. The van der Waals surface area contributed by atoms with E-state index < -0.39 is 58.5 Å². The van der Waals surface area contributed by atoms with Crippen LogP contribution in [-0.4, -0.2) is 62.2 Å². The van der Waals surface area contributed by atoms with Gasteiger partial charge in [-0.1, -0.05) is 0 Å². The number of carboxylic acids is 1. The minimum absolute atomic E-state index is 0.223. The Morgan fingerprint density at radius 3 is 1.77 bits per heavy atom. The number of aromatic nitrogens is 3. The predicted octanol–water partition coefficient (Wildman–Crippen LogP) is 11.7. The van der Waals surface area contributed by atoms with Gasteiger partial charge in [-0.15, -0.1) is 20.4 Å². The van der Waals surface area contributed by atoms with Crippen LogP contribution < -0.4 is 5.73 Å². The minimum atomic E-state index is -5.21. The molecule has 0 amide bonds. The van der Waals surface area contributed by atoms with E-state index in [0.29, 0.717) is 56.3 Å². The summed E-state index contributed by atoms with van der Waals surface area (Å²) in [5.41, 5.74) is 11.2. The average molecular weight is 969 g/mol. The second kappa shape index (κ2) is 18.2. The zero-order valence-electron chi connectivity index (χ0n) is 36.4. The Bertz CT molecular complexity index is 3780. The summed E-state index contributed by atoms with van der Waals surface area (Å²) in [6.07, 6.45) is 0. The lowest BCUT2D eigenvalue weighted by Crippen LogP contribution is -2.03. The number of hydrogen-bond donors (Lipinski definition) is 6. The second-order valence-electron chi connectivity index (χ2n) is 15.4. The molecule has 0 aliphatic heterocycles. The van der Waals surface area contributed by atoms with Crippen molar-refractivity contribution < 1.29 is 46.1 Å². The molecule has 24 heteroatoms. The molecule has 0 radical (unpaired) electrons. The molecule has 0 saturated heterocycles. The molecule has 1 aromatic heterocycles. The van der Waals surface area contributed by atoms with Crippen LogP contribution in [0.15, 0.2) is 154 Å². The van der Waals surface area contributed by atoms with Gasteiger partial charge in [-0.05, 0) is 153 Å². The third kappa shape index (κ3) is 9.89. The topological polar surface area (TPSA) is 342 Å². The third-order valence-corrected chi connectivity index (χ3v) is 12.3. The number of anilines is 1. The number of hydrogen-bond acceptors (Lipinski definition) is 18. The molecule has 0 atom stereocenters. The number of rotatable bonds is 12. The summed E-state index contributed by atoms with van der Waals surface area (Å²) in [5.74, 6) is -2.54. The molecule has 0 fully saturated rings. The molecule has 0 saturated carbocycles. The summed E-state index contributed by atoms with van der Waals surface area (Å²) in [4.78, 5) is 10.8. The van der Waals surface area contributed by atoms with E-state index in [1.54, 1.807) is 56.3 Å². The van der Waals surface area contributed by atoms with E-state index in [0.717, 1.165) is 23.3 Å². The van der Waals surface area contributed by atoms with Gasteiger partial charge in [0, 0.05) is 16.5 Å². The average Bonchev–Trinajstić information content (AvgIpc) is 3.71. The number of nitrogens with two attached hydrogens (primary N) is 1. The van der Waals surface area contributed by atoms with E-state index in [9.17, 15) is 46.1 Å². The van der Waals surface area contributed by atoms with Crippen molar-refractivity contribution in [2.75, 3.05) is 5.73 Å². The van der Waals surface area contributed by atoms with Gasteiger partial charge < -0.3 is 21.1 Å². The molecule has 0 unspecified atom stereocenters. The highest BCUT2D eigenvalue weighted by Gasteiger charge is 2.28. The van der Waals surface area contributed by atoms with Gasteiger partial charge in [0.25, 0.3) is 20.2 Å².